The van der Waals surface area contributed by atoms with Crippen molar-refractivity contribution in [2.24, 2.45) is 5.10 Å². The van der Waals surface area contributed by atoms with Gasteiger partial charge in [0, 0.05) is 24.5 Å². The maximum Gasteiger partial charge on any atom is 0.287 e. The molecule has 27 heavy (non-hydrogen) atoms. The molecule has 1 N–H and O–H groups in total. The maximum atomic E-state index is 11.8. The standard InChI is InChI=1S/C18H13N5O4/c24-18(14-2-1-9-19-11-14)22-21-10-13-3-6-16(7-4-13)27-17-8-5-15(12-20-17)23(25)26/h1-12H,(H,22,24). The van der Waals surface area contributed by atoms with Crippen molar-refractivity contribution in [1.29, 1.82) is 0 Å². The van der Waals surface area contributed by atoms with Crippen LogP contribution in [0, 0.1) is 10.1 Å². The first-order chi connectivity index (χ1) is 13.1. The molecular formula is C18H13N5O4. The number of rotatable bonds is 6. The molecular weight excluding hydrogens is 350 g/mol. The Morgan fingerprint density at radius 1 is 1.15 bits per heavy atom. The molecule has 0 spiro atoms. The van der Waals surface area contributed by atoms with Crippen LogP contribution >= 0.6 is 0 Å². The Labute approximate surface area is 153 Å². The van der Waals surface area contributed by atoms with Crippen LogP contribution in [0.3, 0.4) is 0 Å². The summed E-state index contributed by atoms with van der Waals surface area (Å²) < 4.78 is 5.51. The summed E-state index contributed by atoms with van der Waals surface area (Å²) in [6.45, 7) is 0. The SMILES string of the molecule is O=C(NN=Cc1ccc(Oc2ccc([N+](=O)[O-])cn2)cc1)c1cccnc1. The first kappa shape index (κ1) is 17.7. The Bertz CT molecular complexity index is 957. The van der Waals surface area contributed by atoms with Gasteiger partial charge < -0.3 is 4.74 Å². The molecule has 0 saturated heterocycles. The van der Waals surface area contributed by atoms with Gasteiger partial charge in [-0.05, 0) is 42.0 Å². The van der Waals surface area contributed by atoms with Crippen LogP contribution in [0.15, 0.2) is 72.2 Å². The second kappa shape index (κ2) is 8.30. The van der Waals surface area contributed by atoms with E-state index in [1.807, 2.05) is 0 Å². The minimum absolute atomic E-state index is 0.109. The number of amides is 1. The number of hydrazone groups is 1. The summed E-state index contributed by atoms with van der Waals surface area (Å²) in [7, 11) is 0. The lowest BCUT2D eigenvalue weighted by molar-refractivity contribution is -0.385. The highest BCUT2D eigenvalue weighted by molar-refractivity contribution is 5.94. The number of nitro groups is 1. The van der Waals surface area contributed by atoms with Gasteiger partial charge in [-0.25, -0.2) is 10.4 Å². The molecule has 0 unspecified atom stereocenters. The molecule has 1 aromatic carbocycles. The van der Waals surface area contributed by atoms with Crippen molar-refractivity contribution in [2.45, 2.75) is 0 Å². The van der Waals surface area contributed by atoms with E-state index in [0.717, 1.165) is 11.8 Å². The topological polar surface area (TPSA) is 120 Å². The molecule has 2 heterocycles. The lowest BCUT2D eigenvalue weighted by atomic mass is 10.2. The monoisotopic (exact) mass is 363 g/mol. The van der Waals surface area contributed by atoms with E-state index in [0.29, 0.717) is 11.3 Å². The summed E-state index contributed by atoms with van der Waals surface area (Å²) in [5.74, 6) is 0.391. The largest absolute Gasteiger partial charge is 0.439 e. The summed E-state index contributed by atoms with van der Waals surface area (Å²) in [5.41, 5.74) is 3.45. The Kier molecular flexibility index (Phi) is 5.43. The molecule has 0 atom stereocenters. The van der Waals surface area contributed by atoms with Gasteiger partial charge in [-0.3, -0.25) is 19.9 Å². The smallest absolute Gasteiger partial charge is 0.287 e. The van der Waals surface area contributed by atoms with Crippen LogP contribution in [0.1, 0.15) is 15.9 Å². The van der Waals surface area contributed by atoms with Gasteiger partial charge in [0.15, 0.2) is 0 Å². The molecule has 9 heteroatoms. The van der Waals surface area contributed by atoms with Gasteiger partial charge in [0.2, 0.25) is 5.88 Å². The van der Waals surface area contributed by atoms with E-state index in [4.69, 9.17) is 4.74 Å². The zero-order valence-electron chi connectivity index (χ0n) is 13.9. The number of nitrogens with zero attached hydrogens (tertiary/aromatic N) is 4. The third-order valence-electron chi connectivity index (χ3n) is 3.34. The molecule has 134 valence electrons. The Balaban J connectivity index is 1.56. The van der Waals surface area contributed by atoms with E-state index in [-0.39, 0.29) is 17.5 Å². The number of benzene rings is 1. The van der Waals surface area contributed by atoms with Gasteiger partial charge in [-0.1, -0.05) is 0 Å². The summed E-state index contributed by atoms with van der Waals surface area (Å²) in [6.07, 6.45) is 5.64. The number of carbonyl (C=O) groups excluding carboxylic acids is 1. The summed E-state index contributed by atoms with van der Waals surface area (Å²) in [6, 6.07) is 12.9. The minimum atomic E-state index is -0.530. The molecule has 0 bridgehead atoms. The molecule has 0 aliphatic heterocycles. The highest BCUT2D eigenvalue weighted by Crippen LogP contribution is 2.21. The fourth-order valence-corrected chi connectivity index (χ4v) is 2.01. The van der Waals surface area contributed by atoms with Gasteiger partial charge in [-0.2, -0.15) is 5.10 Å². The van der Waals surface area contributed by atoms with Crippen molar-refractivity contribution in [3.8, 4) is 11.6 Å². The Morgan fingerprint density at radius 3 is 2.59 bits per heavy atom. The molecule has 3 rings (SSSR count). The molecule has 2 aromatic heterocycles. The molecule has 3 aromatic rings. The molecule has 0 aliphatic carbocycles. The number of carbonyl (C=O) groups is 1. The van der Waals surface area contributed by atoms with Crippen molar-refractivity contribution in [1.82, 2.24) is 15.4 Å². The molecule has 0 aliphatic rings. The third kappa shape index (κ3) is 4.92. The van der Waals surface area contributed by atoms with Crippen LogP contribution in [0.4, 0.5) is 5.69 Å². The van der Waals surface area contributed by atoms with Gasteiger partial charge in [-0.15, -0.1) is 0 Å². The zero-order valence-corrected chi connectivity index (χ0v) is 13.9. The highest BCUT2D eigenvalue weighted by Gasteiger charge is 2.06. The van der Waals surface area contributed by atoms with Crippen LogP contribution in [-0.2, 0) is 0 Å². The first-order valence-corrected chi connectivity index (χ1v) is 7.73. The fraction of sp³-hybridized carbons (Fsp3) is 0. The normalized spacial score (nSPS) is 10.5. The van der Waals surface area contributed by atoms with Gasteiger partial charge in [0.25, 0.3) is 11.6 Å². The lowest BCUT2D eigenvalue weighted by Gasteiger charge is -2.04. The number of pyridine rings is 2. The Hall–Kier alpha value is -4.14. The van der Waals surface area contributed by atoms with Gasteiger partial charge >= 0.3 is 0 Å². The van der Waals surface area contributed by atoms with Crippen molar-refractivity contribution in [2.75, 3.05) is 0 Å². The van der Waals surface area contributed by atoms with E-state index in [9.17, 15) is 14.9 Å². The fourth-order valence-electron chi connectivity index (χ4n) is 2.01. The Morgan fingerprint density at radius 2 is 1.96 bits per heavy atom. The number of hydrogen-bond acceptors (Lipinski definition) is 7. The quantitative estimate of drug-likeness (QED) is 0.408. The number of nitrogens with one attached hydrogen (secondary N) is 1. The summed E-state index contributed by atoms with van der Waals surface area (Å²) in [4.78, 5) is 29.6. The van der Waals surface area contributed by atoms with Crippen LogP contribution in [0.2, 0.25) is 0 Å². The second-order valence-corrected chi connectivity index (χ2v) is 5.22. The predicted octanol–water partition coefficient (Wildman–Crippen LogP) is 2.94. The second-order valence-electron chi connectivity index (χ2n) is 5.22. The third-order valence-corrected chi connectivity index (χ3v) is 3.34. The average molecular weight is 363 g/mol. The van der Waals surface area contributed by atoms with Crippen molar-refractivity contribution in [3.63, 3.8) is 0 Å². The summed E-state index contributed by atoms with van der Waals surface area (Å²) >= 11 is 0. The zero-order chi connectivity index (χ0) is 19.1. The van der Waals surface area contributed by atoms with E-state index >= 15 is 0 Å². The minimum Gasteiger partial charge on any atom is -0.439 e. The number of aromatic nitrogens is 2. The van der Waals surface area contributed by atoms with Crippen molar-refractivity contribution >= 4 is 17.8 Å². The van der Waals surface area contributed by atoms with Crippen molar-refractivity contribution in [3.05, 3.63) is 88.4 Å². The van der Waals surface area contributed by atoms with Crippen LogP contribution in [0.5, 0.6) is 11.6 Å². The van der Waals surface area contributed by atoms with E-state index in [1.54, 1.807) is 42.6 Å². The van der Waals surface area contributed by atoms with Crippen LogP contribution in [0.25, 0.3) is 0 Å². The molecule has 0 saturated carbocycles. The van der Waals surface area contributed by atoms with Crippen LogP contribution < -0.4 is 10.2 Å². The van der Waals surface area contributed by atoms with E-state index in [2.05, 4.69) is 20.5 Å². The van der Waals surface area contributed by atoms with E-state index < -0.39 is 4.92 Å². The number of hydrogen-bond donors (Lipinski definition) is 1. The lowest BCUT2D eigenvalue weighted by Crippen LogP contribution is -2.17. The molecule has 0 radical (unpaired) electrons. The summed E-state index contributed by atoms with van der Waals surface area (Å²) in [5, 5.41) is 14.5. The molecule has 9 nitrogen and oxygen atoms in total. The first-order valence-electron chi connectivity index (χ1n) is 7.73. The van der Waals surface area contributed by atoms with Gasteiger partial charge in [0.1, 0.15) is 11.9 Å². The van der Waals surface area contributed by atoms with E-state index in [1.165, 1.54) is 24.5 Å². The van der Waals surface area contributed by atoms with Crippen LogP contribution in [-0.4, -0.2) is 27.0 Å². The number of ether oxygens (including phenoxy) is 1. The average Bonchev–Trinajstić information content (AvgIpc) is 2.70. The van der Waals surface area contributed by atoms with Crippen molar-refractivity contribution < 1.29 is 14.5 Å². The maximum absolute atomic E-state index is 11.8. The van der Waals surface area contributed by atoms with Gasteiger partial charge in [0.05, 0.1) is 16.7 Å². The highest BCUT2D eigenvalue weighted by atomic mass is 16.6. The predicted molar refractivity (Wildman–Crippen MR) is 96.7 cm³/mol. The molecule has 0 fully saturated rings. The molecule has 1 amide bonds.